The lowest BCUT2D eigenvalue weighted by atomic mass is 10.1. The van der Waals surface area contributed by atoms with Crippen LogP contribution in [0.2, 0.25) is 0 Å². The summed E-state index contributed by atoms with van der Waals surface area (Å²) in [5.41, 5.74) is 0.515. The molecule has 0 saturated heterocycles. The fourth-order valence-electron chi connectivity index (χ4n) is 3.03. The molecule has 32 heavy (non-hydrogen) atoms. The molecule has 1 heterocycles. The molecule has 2 rings (SSSR count). The van der Waals surface area contributed by atoms with Gasteiger partial charge in [-0.15, -0.1) is 0 Å². The van der Waals surface area contributed by atoms with E-state index in [2.05, 4.69) is 20.9 Å². The zero-order valence-electron chi connectivity index (χ0n) is 17.9. The highest BCUT2D eigenvalue weighted by Crippen LogP contribution is 2.19. The highest BCUT2D eigenvalue weighted by Gasteiger charge is 2.19. The molecule has 10 nitrogen and oxygen atoms in total. The topological polar surface area (TPSA) is 157 Å². The standard InChI is InChI=1S/C22H26N4O6/c1-13(27)23-12-4-3-5-19(24-14(2)28)21(30)25-16-8-6-15(7-9-16)18-11-10-17(22(31)32)20(29)26-18/h6-11,19H,3-5,12H2,1-2H3,(H,23,27)(H,24,28)(H,25,30)(H,26,29)(H,31,32). The van der Waals surface area contributed by atoms with E-state index in [1.165, 1.54) is 26.0 Å². The van der Waals surface area contributed by atoms with Gasteiger partial charge in [0, 0.05) is 31.8 Å². The van der Waals surface area contributed by atoms with Gasteiger partial charge in [-0.3, -0.25) is 19.2 Å². The molecule has 0 saturated carbocycles. The Bertz CT molecular complexity index is 1050. The summed E-state index contributed by atoms with van der Waals surface area (Å²) in [5.74, 6) is -2.12. The van der Waals surface area contributed by atoms with Crippen LogP contribution >= 0.6 is 0 Å². The number of carboxylic acids is 1. The Morgan fingerprint density at radius 3 is 2.22 bits per heavy atom. The minimum absolute atomic E-state index is 0.119. The first kappa shape index (κ1) is 24.3. The van der Waals surface area contributed by atoms with Crippen molar-refractivity contribution in [3.8, 4) is 11.3 Å². The Hall–Kier alpha value is -3.95. The molecule has 0 fully saturated rings. The van der Waals surface area contributed by atoms with Crippen molar-refractivity contribution in [1.82, 2.24) is 15.6 Å². The first-order valence-corrected chi connectivity index (χ1v) is 10.1. The molecule has 0 bridgehead atoms. The smallest absolute Gasteiger partial charge is 0.341 e. The number of carbonyl (C=O) groups is 4. The second-order valence-corrected chi connectivity index (χ2v) is 7.22. The number of amides is 3. The molecule has 1 unspecified atom stereocenters. The second kappa shape index (κ2) is 11.4. The molecule has 0 aliphatic carbocycles. The average Bonchev–Trinajstić information content (AvgIpc) is 2.72. The molecule has 3 amide bonds. The fourth-order valence-corrected chi connectivity index (χ4v) is 3.03. The molecule has 5 N–H and O–H groups in total. The van der Waals surface area contributed by atoms with Crippen molar-refractivity contribution in [2.24, 2.45) is 0 Å². The van der Waals surface area contributed by atoms with Gasteiger partial charge in [-0.25, -0.2) is 4.79 Å². The molecular formula is C22H26N4O6. The predicted octanol–water partition coefficient (Wildman–Crippen LogP) is 1.49. The number of anilines is 1. The number of pyridine rings is 1. The molecule has 0 spiro atoms. The van der Waals surface area contributed by atoms with Crippen LogP contribution in [0.4, 0.5) is 5.69 Å². The highest BCUT2D eigenvalue weighted by atomic mass is 16.4. The number of carboxylic acid groups (broad SMARTS) is 1. The summed E-state index contributed by atoms with van der Waals surface area (Å²) in [5, 5.41) is 17.0. The van der Waals surface area contributed by atoms with Gasteiger partial charge in [-0.2, -0.15) is 0 Å². The summed E-state index contributed by atoms with van der Waals surface area (Å²) in [7, 11) is 0. The SMILES string of the molecule is CC(=O)NCCCCC(NC(C)=O)C(=O)Nc1ccc(-c2ccc(C(=O)O)c(=O)[nH]2)cc1. The Labute approximate surface area is 184 Å². The fraction of sp³-hybridized carbons (Fsp3) is 0.318. The number of nitrogens with one attached hydrogen (secondary N) is 4. The second-order valence-electron chi connectivity index (χ2n) is 7.22. The maximum Gasteiger partial charge on any atom is 0.341 e. The molecular weight excluding hydrogens is 416 g/mol. The van der Waals surface area contributed by atoms with Gasteiger partial charge < -0.3 is 26.0 Å². The molecule has 0 radical (unpaired) electrons. The summed E-state index contributed by atoms with van der Waals surface area (Å²) >= 11 is 0. The van der Waals surface area contributed by atoms with Crippen LogP contribution in [-0.2, 0) is 14.4 Å². The van der Waals surface area contributed by atoms with Crippen LogP contribution < -0.4 is 21.5 Å². The van der Waals surface area contributed by atoms with Crippen molar-refractivity contribution < 1.29 is 24.3 Å². The quantitative estimate of drug-likeness (QED) is 0.351. The van der Waals surface area contributed by atoms with E-state index in [1.807, 2.05) is 0 Å². The van der Waals surface area contributed by atoms with Gasteiger partial charge in [-0.1, -0.05) is 12.1 Å². The molecule has 0 aliphatic heterocycles. The third kappa shape index (κ3) is 7.38. The van der Waals surface area contributed by atoms with Crippen molar-refractivity contribution >= 4 is 29.4 Å². The van der Waals surface area contributed by atoms with E-state index in [0.29, 0.717) is 42.8 Å². The number of unbranched alkanes of at least 4 members (excludes halogenated alkanes) is 1. The number of aromatic nitrogens is 1. The average molecular weight is 442 g/mol. The Balaban J connectivity index is 2.01. The van der Waals surface area contributed by atoms with Crippen molar-refractivity contribution in [2.45, 2.75) is 39.2 Å². The molecule has 1 aromatic heterocycles. The number of rotatable bonds is 10. The summed E-state index contributed by atoms with van der Waals surface area (Å²) in [6.45, 7) is 3.27. The van der Waals surface area contributed by atoms with Crippen LogP contribution in [0.3, 0.4) is 0 Å². The maximum absolute atomic E-state index is 12.6. The van der Waals surface area contributed by atoms with Crippen molar-refractivity contribution in [1.29, 1.82) is 0 Å². The molecule has 1 atom stereocenters. The van der Waals surface area contributed by atoms with Crippen molar-refractivity contribution in [2.75, 3.05) is 11.9 Å². The van der Waals surface area contributed by atoms with Gasteiger partial charge in [0.25, 0.3) is 5.56 Å². The van der Waals surface area contributed by atoms with Crippen LogP contribution in [0.25, 0.3) is 11.3 Å². The Morgan fingerprint density at radius 1 is 0.969 bits per heavy atom. The monoisotopic (exact) mass is 442 g/mol. The first-order chi connectivity index (χ1) is 15.2. The number of aromatic amines is 1. The summed E-state index contributed by atoms with van der Waals surface area (Å²) in [6, 6.07) is 8.62. The third-order valence-electron chi connectivity index (χ3n) is 4.59. The van der Waals surface area contributed by atoms with Gasteiger partial charge in [0.1, 0.15) is 11.6 Å². The lowest BCUT2D eigenvalue weighted by Gasteiger charge is -2.18. The number of H-pyrrole nitrogens is 1. The van der Waals surface area contributed by atoms with Crippen LogP contribution in [0.15, 0.2) is 41.2 Å². The lowest BCUT2D eigenvalue weighted by molar-refractivity contribution is -0.125. The zero-order chi connectivity index (χ0) is 23.7. The van der Waals surface area contributed by atoms with Crippen LogP contribution in [0.1, 0.15) is 43.5 Å². The van der Waals surface area contributed by atoms with E-state index in [4.69, 9.17) is 5.11 Å². The summed E-state index contributed by atoms with van der Waals surface area (Å²) in [4.78, 5) is 60.3. The Kier molecular flexibility index (Phi) is 8.70. The Morgan fingerprint density at radius 2 is 1.66 bits per heavy atom. The number of hydrogen-bond donors (Lipinski definition) is 5. The van der Waals surface area contributed by atoms with Gasteiger partial charge in [-0.05, 0) is 49.1 Å². The molecule has 170 valence electrons. The molecule has 0 aliphatic rings. The van der Waals surface area contributed by atoms with E-state index in [-0.39, 0.29) is 23.3 Å². The van der Waals surface area contributed by atoms with E-state index in [1.54, 1.807) is 24.3 Å². The molecule has 1 aromatic carbocycles. The number of aromatic carboxylic acids is 1. The van der Waals surface area contributed by atoms with Gasteiger partial charge in [0.2, 0.25) is 17.7 Å². The number of carbonyl (C=O) groups excluding carboxylic acids is 3. The van der Waals surface area contributed by atoms with Gasteiger partial charge in [0.05, 0.1) is 0 Å². The van der Waals surface area contributed by atoms with E-state index < -0.39 is 17.6 Å². The highest BCUT2D eigenvalue weighted by molar-refractivity contribution is 5.97. The minimum atomic E-state index is -1.31. The van der Waals surface area contributed by atoms with Crippen LogP contribution in [0.5, 0.6) is 0 Å². The predicted molar refractivity (Wildman–Crippen MR) is 118 cm³/mol. The summed E-state index contributed by atoms with van der Waals surface area (Å²) < 4.78 is 0. The molecule has 2 aromatic rings. The van der Waals surface area contributed by atoms with E-state index in [9.17, 15) is 24.0 Å². The summed E-state index contributed by atoms with van der Waals surface area (Å²) in [6.07, 6.45) is 1.73. The third-order valence-corrected chi connectivity index (χ3v) is 4.59. The van der Waals surface area contributed by atoms with E-state index in [0.717, 1.165) is 0 Å². The van der Waals surface area contributed by atoms with Gasteiger partial charge in [0.15, 0.2) is 0 Å². The normalized spacial score (nSPS) is 11.3. The van der Waals surface area contributed by atoms with Crippen LogP contribution in [-0.4, -0.2) is 46.4 Å². The lowest BCUT2D eigenvalue weighted by Crippen LogP contribution is -2.42. The van der Waals surface area contributed by atoms with Crippen molar-refractivity contribution in [3.63, 3.8) is 0 Å². The van der Waals surface area contributed by atoms with E-state index >= 15 is 0 Å². The van der Waals surface area contributed by atoms with Crippen LogP contribution in [0, 0.1) is 0 Å². The van der Waals surface area contributed by atoms with Crippen molar-refractivity contribution in [3.05, 3.63) is 52.3 Å². The first-order valence-electron chi connectivity index (χ1n) is 10.1. The minimum Gasteiger partial charge on any atom is -0.477 e. The largest absolute Gasteiger partial charge is 0.477 e. The number of benzene rings is 1. The number of hydrogen-bond acceptors (Lipinski definition) is 5. The zero-order valence-corrected chi connectivity index (χ0v) is 17.9. The molecule has 10 heteroatoms. The van der Waals surface area contributed by atoms with Gasteiger partial charge >= 0.3 is 5.97 Å². The maximum atomic E-state index is 12.6.